The summed E-state index contributed by atoms with van der Waals surface area (Å²) in [5.74, 6) is -0.891. The number of rotatable bonds is 5. The van der Waals surface area contributed by atoms with Gasteiger partial charge in [-0.05, 0) is 43.0 Å². The standard InChI is InChI=1S/C18H23N3O4/c1-12(22)19-14-4-6-15(7-5-14)20-16(23)10-21-9-13-3-2-8-18(13,11-21)17(24)25/h4-7,13H,2-3,8-11H2,1H3,(H,19,22)(H,20,23)(H,24,25)/t13-,18+/m0/s1. The monoisotopic (exact) mass is 345 g/mol. The van der Waals surface area contributed by atoms with E-state index in [1.54, 1.807) is 24.3 Å². The Morgan fingerprint density at radius 3 is 2.40 bits per heavy atom. The second-order valence-corrected chi connectivity index (χ2v) is 7.03. The Hall–Kier alpha value is -2.41. The molecule has 1 aliphatic carbocycles. The van der Waals surface area contributed by atoms with E-state index >= 15 is 0 Å². The summed E-state index contributed by atoms with van der Waals surface area (Å²) in [5.41, 5.74) is 0.646. The largest absolute Gasteiger partial charge is 0.481 e. The van der Waals surface area contributed by atoms with Crippen molar-refractivity contribution in [3.63, 3.8) is 0 Å². The number of hydrogen-bond acceptors (Lipinski definition) is 4. The van der Waals surface area contributed by atoms with E-state index in [4.69, 9.17) is 0 Å². The molecule has 2 amide bonds. The Morgan fingerprint density at radius 2 is 1.84 bits per heavy atom. The molecule has 0 aromatic heterocycles. The molecule has 3 N–H and O–H groups in total. The van der Waals surface area contributed by atoms with Gasteiger partial charge in [0.05, 0.1) is 12.0 Å². The van der Waals surface area contributed by atoms with Crippen molar-refractivity contribution in [3.8, 4) is 0 Å². The van der Waals surface area contributed by atoms with Crippen LogP contribution in [0.4, 0.5) is 11.4 Å². The number of amides is 2. The third-order valence-corrected chi connectivity index (χ3v) is 5.22. The Balaban J connectivity index is 1.55. The maximum Gasteiger partial charge on any atom is 0.311 e. The van der Waals surface area contributed by atoms with Gasteiger partial charge in [0.2, 0.25) is 11.8 Å². The van der Waals surface area contributed by atoms with Crippen LogP contribution in [0.25, 0.3) is 0 Å². The molecule has 2 fully saturated rings. The first-order valence-electron chi connectivity index (χ1n) is 8.52. The van der Waals surface area contributed by atoms with Crippen molar-refractivity contribution in [1.82, 2.24) is 4.90 Å². The Bertz CT molecular complexity index is 688. The molecule has 7 heteroatoms. The summed E-state index contributed by atoms with van der Waals surface area (Å²) in [6.45, 7) is 2.74. The van der Waals surface area contributed by atoms with E-state index in [0.29, 0.717) is 30.9 Å². The van der Waals surface area contributed by atoms with E-state index in [1.165, 1.54) is 6.92 Å². The van der Waals surface area contributed by atoms with Gasteiger partial charge in [0.15, 0.2) is 0 Å². The highest BCUT2D eigenvalue weighted by Crippen LogP contribution is 2.48. The predicted molar refractivity (Wildman–Crippen MR) is 93.2 cm³/mol. The summed E-state index contributed by atoms with van der Waals surface area (Å²) in [6.07, 6.45) is 2.59. The van der Waals surface area contributed by atoms with Crippen LogP contribution >= 0.6 is 0 Å². The molecule has 134 valence electrons. The lowest BCUT2D eigenvalue weighted by atomic mass is 9.81. The highest BCUT2D eigenvalue weighted by atomic mass is 16.4. The second-order valence-electron chi connectivity index (χ2n) is 7.03. The number of nitrogens with zero attached hydrogens (tertiary/aromatic N) is 1. The number of aliphatic carboxylic acids is 1. The van der Waals surface area contributed by atoms with Crippen LogP contribution in [-0.4, -0.2) is 47.4 Å². The molecular formula is C18H23N3O4. The van der Waals surface area contributed by atoms with E-state index in [9.17, 15) is 19.5 Å². The van der Waals surface area contributed by atoms with E-state index in [2.05, 4.69) is 10.6 Å². The molecule has 3 rings (SSSR count). The molecule has 2 atom stereocenters. The molecular weight excluding hydrogens is 322 g/mol. The maximum atomic E-state index is 12.3. The Kier molecular flexibility index (Phi) is 4.76. The van der Waals surface area contributed by atoms with Gasteiger partial charge in [-0.2, -0.15) is 0 Å². The van der Waals surface area contributed by atoms with Crippen LogP contribution in [0.3, 0.4) is 0 Å². The highest BCUT2D eigenvalue weighted by molar-refractivity contribution is 5.93. The fourth-order valence-corrected chi connectivity index (χ4v) is 4.11. The first-order valence-corrected chi connectivity index (χ1v) is 8.52. The normalized spacial score (nSPS) is 25.4. The molecule has 1 saturated heterocycles. The minimum atomic E-state index is -0.730. The second kappa shape index (κ2) is 6.84. The van der Waals surface area contributed by atoms with Crippen molar-refractivity contribution < 1.29 is 19.5 Å². The molecule has 0 spiro atoms. The van der Waals surface area contributed by atoms with Gasteiger partial charge in [0.25, 0.3) is 0 Å². The van der Waals surface area contributed by atoms with Gasteiger partial charge in [0.1, 0.15) is 0 Å². The van der Waals surface area contributed by atoms with Crippen LogP contribution in [0, 0.1) is 11.3 Å². The maximum absolute atomic E-state index is 12.3. The average molecular weight is 345 g/mol. The molecule has 1 heterocycles. The minimum Gasteiger partial charge on any atom is -0.481 e. The lowest BCUT2D eigenvalue weighted by Crippen LogP contribution is -2.37. The number of likely N-dealkylation sites (tertiary alicyclic amines) is 1. The quantitative estimate of drug-likeness (QED) is 0.755. The molecule has 0 bridgehead atoms. The molecule has 0 unspecified atom stereocenters. The molecule has 2 aliphatic rings. The summed E-state index contributed by atoms with van der Waals surface area (Å²) in [6, 6.07) is 6.88. The summed E-state index contributed by atoms with van der Waals surface area (Å²) in [5, 5.41) is 15.1. The number of nitrogens with one attached hydrogen (secondary N) is 2. The fraction of sp³-hybridized carbons (Fsp3) is 0.500. The number of fused-ring (bicyclic) bond motifs is 1. The molecule has 1 aliphatic heterocycles. The predicted octanol–water partition coefficient (Wildman–Crippen LogP) is 1.77. The molecule has 1 aromatic rings. The number of anilines is 2. The average Bonchev–Trinajstić information content (AvgIpc) is 3.06. The summed E-state index contributed by atoms with van der Waals surface area (Å²) in [4.78, 5) is 36.9. The Labute approximate surface area is 146 Å². The van der Waals surface area contributed by atoms with Crippen molar-refractivity contribution in [2.24, 2.45) is 11.3 Å². The van der Waals surface area contributed by atoms with E-state index in [1.807, 2.05) is 4.90 Å². The van der Waals surface area contributed by atoms with Crippen molar-refractivity contribution in [3.05, 3.63) is 24.3 Å². The Morgan fingerprint density at radius 1 is 1.20 bits per heavy atom. The number of hydrogen-bond donors (Lipinski definition) is 3. The van der Waals surface area contributed by atoms with Crippen LogP contribution in [0.2, 0.25) is 0 Å². The van der Waals surface area contributed by atoms with Gasteiger partial charge in [0, 0.05) is 31.4 Å². The van der Waals surface area contributed by atoms with Crippen LogP contribution in [0.5, 0.6) is 0 Å². The topological polar surface area (TPSA) is 98.7 Å². The van der Waals surface area contributed by atoms with E-state index in [-0.39, 0.29) is 24.3 Å². The van der Waals surface area contributed by atoms with Crippen molar-refractivity contribution >= 4 is 29.2 Å². The summed E-state index contributed by atoms with van der Waals surface area (Å²) >= 11 is 0. The summed E-state index contributed by atoms with van der Waals surface area (Å²) in [7, 11) is 0. The van der Waals surface area contributed by atoms with E-state index in [0.717, 1.165) is 12.8 Å². The van der Waals surface area contributed by atoms with E-state index < -0.39 is 11.4 Å². The molecule has 0 radical (unpaired) electrons. The zero-order valence-electron chi connectivity index (χ0n) is 14.2. The van der Waals surface area contributed by atoms with Gasteiger partial charge in [-0.1, -0.05) is 6.42 Å². The van der Waals surface area contributed by atoms with Crippen LogP contribution < -0.4 is 10.6 Å². The van der Waals surface area contributed by atoms with Crippen molar-refractivity contribution in [2.75, 3.05) is 30.3 Å². The number of benzene rings is 1. The molecule has 25 heavy (non-hydrogen) atoms. The van der Waals surface area contributed by atoms with Crippen molar-refractivity contribution in [2.45, 2.75) is 26.2 Å². The van der Waals surface area contributed by atoms with Gasteiger partial charge >= 0.3 is 5.97 Å². The summed E-state index contributed by atoms with van der Waals surface area (Å²) < 4.78 is 0. The first-order chi connectivity index (χ1) is 11.9. The zero-order chi connectivity index (χ0) is 18.0. The lowest BCUT2D eigenvalue weighted by molar-refractivity contribution is -0.149. The first kappa shape index (κ1) is 17.4. The lowest BCUT2D eigenvalue weighted by Gasteiger charge is -2.23. The van der Waals surface area contributed by atoms with Crippen LogP contribution in [-0.2, 0) is 14.4 Å². The smallest absolute Gasteiger partial charge is 0.311 e. The third-order valence-electron chi connectivity index (χ3n) is 5.22. The van der Waals surface area contributed by atoms with Gasteiger partial charge in [-0.3, -0.25) is 19.3 Å². The minimum absolute atomic E-state index is 0.148. The number of carboxylic acid groups (broad SMARTS) is 1. The third kappa shape index (κ3) is 3.66. The molecule has 1 saturated carbocycles. The van der Waals surface area contributed by atoms with Crippen molar-refractivity contribution in [1.29, 1.82) is 0 Å². The molecule has 1 aromatic carbocycles. The number of carboxylic acids is 1. The van der Waals surface area contributed by atoms with Gasteiger partial charge in [-0.25, -0.2) is 0 Å². The highest BCUT2D eigenvalue weighted by Gasteiger charge is 2.54. The SMILES string of the molecule is CC(=O)Nc1ccc(NC(=O)CN2C[C@@H]3CCC[C@@]3(C(=O)O)C2)cc1. The van der Waals surface area contributed by atoms with Crippen LogP contribution in [0.15, 0.2) is 24.3 Å². The molecule has 7 nitrogen and oxygen atoms in total. The van der Waals surface area contributed by atoms with Gasteiger partial charge in [-0.15, -0.1) is 0 Å². The number of carbonyl (C=O) groups is 3. The fourth-order valence-electron chi connectivity index (χ4n) is 4.11. The number of carbonyl (C=O) groups excluding carboxylic acids is 2. The van der Waals surface area contributed by atoms with Crippen LogP contribution in [0.1, 0.15) is 26.2 Å². The zero-order valence-corrected chi connectivity index (χ0v) is 14.2. The van der Waals surface area contributed by atoms with Gasteiger partial charge < -0.3 is 15.7 Å².